The monoisotopic (exact) mass is 264 g/mol. The molecule has 1 unspecified atom stereocenters. The van der Waals surface area contributed by atoms with Crippen molar-refractivity contribution in [3.63, 3.8) is 0 Å². The maximum atomic E-state index is 11.8. The molecular weight excluding hydrogens is 240 g/mol. The molecule has 0 aliphatic carbocycles. The molecule has 0 bridgehead atoms. The van der Waals surface area contributed by atoms with Crippen LogP contribution in [0.4, 0.5) is 5.69 Å². The van der Waals surface area contributed by atoms with Crippen LogP contribution in [0.2, 0.25) is 0 Å². The van der Waals surface area contributed by atoms with E-state index in [0.717, 1.165) is 12.1 Å². The molecule has 5 nitrogen and oxygen atoms in total. The van der Waals surface area contributed by atoms with Gasteiger partial charge in [0, 0.05) is 38.6 Å². The molecule has 1 atom stereocenters. The topological polar surface area (TPSA) is 71.2 Å². The van der Waals surface area contributed by atoms with E-state index in [2.05, 4.69) is 24.1 Å². The van der Waals surface area contributed by atoms with E-state index in [0.29, 0.717) is 18.2 Å². The Bertz CT molecular complexity index is 418. The Balaban J connectivity index is 2.60. The van der Waals surface area contributed by atoms with Crippen LogP contribution in [0.15, 0.2) is 18.3 Å². The van der Waals surface area contributed by atoms with Crippen LogP contribution in [0.1, 0.15) is 30.8 Å². The van der Waals surface area contributed by atoms with Crippen LogP contribution in [0.25, 0.3) is 0 Å². The fourth-order valence-corrected chi connectivity index (χ4v) is 1.82. The first-order valence-corrected chi connectivity index (χ1v) is 6.57. The molecule has 3 N–H and O–H groups in total. The van der Waals surface area contributed by atoms with E-state index in [-0.39, 0.29) is 11.9 Å². The number of carbonyl (C=O) groups is 1. The highest BCUT2D eigenvalue weighted by atomic mass is 16.2. The van der Waals surface area contributed by atoms with Crippen LogP contribution >= 0.6 is 0 Å². The van der Waals surface area contributed by atoms with Gasteiger partial charge in [-0.15, -0.1) is 0 Å². The highest BCUT2D eigenvalue weighted by Gasteiger charge is 2.10. The van der Waals surface area contributed by atoms with Crippen LogP contribution in [-0.2, 0) is 0 Å². The van der Waals surface area contributed by atoms with Crippen molar-refractivity contribution in [3.8, 4) is 0 Å². The van der Waals surface area contributed by atoms with Crippen molar-refractivity contribution in [1.29, 1.82) is 0 Å². The Morgan fingerprint density at radius 3 is 2.74 bits per heavy atom. The Labute approximate surface area is 115 Å². The van der Waals surface area contributed by atoms with Crippen LogP contribution in [0, 0.1) is 5.92 Å². The van der Waals surface area contributed by atoms with E-state index in [1.165, 1.54) is 4.90 Å². The lowest BCUT2D eigenvalue weighted by Crippen LogP contribution is -2.30. The summed E-state index contributed by atoms with van der Waals surface area (Å²) in [5.41, 5.74) is 7.33. The van der Waals surface area contributed by atoms with Crippen LogP contribution < -0.4 is 11.1 Å². The maximum Gasteiger partial charge on any atom is 0.272 e. The molecule has 0 fully saturated rings. The van der Waals surface area contributed by atoms with Crippen LogP contribution in [-0.4, -0.2) is 42.5 Å². The van der Waals surface area contributed by atoms with E-state index < -0.39 is 0 Å². The SMILES string of the molecule is CC(C)CC(N)CNc1ccnc(C(=O)N(C)C)c1. The van der Waals surface area contributed by atoms with Gasteiger partial charge in [0.1, 0.15) is 5.69 Å². The summed E-state index contributed by atoms with van der Waals surface area (Å²) in [6, 6.07) is 3.71. The second kappa shape index (κ2) is 7.09. The van der Waals surface area contributed by atoms with Crippen molar-refractivity contribution in [2.75, 3.05) is 26.0 Å². The molecule has 106 valence electrons. The number of aromatic nitrogens is 1. The van der Waals surface area contributed by atoms with Gasteiger partial charge in [-0.3, -0.25) is 9.78 Å². The van der Waals surface area contributed by atoms with Crippen LogP contribution in [0.3, 0.4) is 0 Å². The minimum absolute atomic E-state index is 0.102. The predicted molar refractivity (Wildman–Crippen MR) is 78.2 cm³/mol. The number of amides is 1. The normalized spacial score (nSPS) is 12.3. The zero-order valence-electron chi connectivity index (χ0n) is 12.2. The minimum Gasteiger partial charge on any atom is -0.383 e. The largest absolute Gasteiger partial charge is 0.383 e. The number of nitrogens with zero attached hydrogens (tertiary/aromatic N) is 2. The summed E-state index contributed by atoms with van der Waals surface area (Å²) in [7, 11) is 3.42. The van der Waals surface area contributed by atoms with Crippen molar-refractivity contribution in [3.05, 3.63) is 24.0 Å². The number of pyridine rings is 1. The Kier molecular flexibility index (Phi) is 5.76. The van der Waals surface area contributed by atoms with Gasteiger partial charge in [-0.25, -0.2) is 0 Å². The van der Waals surface area contributed by atoms with Gasteiger partial charge in [-0.1, -0.05) is 13.8 Å². The molecule has 0 saturated heterocycles. The number of nitrogens with two attached hydrogens (primary N) is 1. The van der Waals surface area contributed by atoms with Crippen molar-refractivity contribution < 1.29 is 4.79 Å². The first-order valence-electron chi connectivity index (χ1n) is 6.57. The average Bonchev–Trinajstić information content (AvgIpc) is 2.35. The zero-order valence-corrected chi connectivity index (χ0v) is 12.2. The highest BCUT2D eigenvalue weighted by molar-refractivity contribution is 5.92. The lowest BCUT2D eigenvalue weighted by Gasteiger charge is -2.16. The average molecular weight is 264 g/mol. The summed E-state index contributed by atoms with van der Waals surface area (Å²) < 4.78 is 0. The Morgan fingerprint density at radius 1 is 1.47 bits per heavy atom. The van der Waals surface area contributed by atoms with E-state index >= 15 is 0 Å². The molecule has 0 spiro atoms. The highest BCUT2D eigenvalue weighted by Crippen LogP contribution is 2.10. The second-order valence-electron chi connectivity index (χ2n) is 5.40. The van der Waals surface area contributed by atoms with Gasteiger partial charge in [-0.05, 0) is 24.5 Å². The van der Waals surface area contributed by atoms with Gasteiger partial charge in [0.05, 0.1) is 0 Å². The lowest BCUT2D eigenvalue weighted by molar-refractivity contribution is 0.0822. The molecule has 1 aromatic heterocycles. The Hall–Kier alpha value is -1.62. The van der Waals surface area contributed by atoms with Gasteiger partial charge < -0.3 is 16.0 Å². The number of rotatable bonds is 6. The third kappa shape index (κ3) is 5.26. The van der Waals surface area contributed by atoms with Crippen molar-refractivity contribution in [1.82, 2.24) is 9.88 Å². The lowest BCUT2D eigenvalue weighted by atomic mass is 10.0. The molecule has 5 heteroatoms. The van der Waals surface area contributed by atoms with Crippen molar-refractivity contribution >= 4 is 11.6 Å². The summed E-state index contributed by atoms with van der Waals surface area (Å²) in [6.45, 7) is 5.00. The van der Waals surface area contributed by atoms with Gasteiger partial charge in [0.25, 0.3) is 5.91 Å². The molecule has 1 amide bonds. The summed E-state index contributed by atoms with van der Waals surface area (Å²) in [4.78, 5) is 17.4. The summed E-state index contributed by atoms with van der Waals surface area (Å²) >= 11 is 0. The summed E-state index contributed by atoms with van der Waals surface area (Å²) in [5.74, 6) is 0.482. The first kappa shape index (κ1) is 15.4. The molecule has 1 aromatic rings. The number of carbonyl (C=O) groups excluding carboxylic acids is 1. The number of hydrogen-bond acceptors (Lipinski definition) is 4. The number of anilines is 1. The molecule has 0 saturated carbocycles. The van der Waals surface area contributed by atoms with Gasteiger partial charge in [0.2, 0.25) is 0 Å². The number of nitrogens with one attached hydrogen (secondary N) is 1. The molecule has 0 radical (unpaired) electrons. The van der Waals surface area contributed by atoms with Crippen LogP contribution in [0.5, 0.6) is 0 Å². The third-order valence-corrected chi connectivity index (χ3v) is 2.73. The van der Waals surface area contributed by atoms with Crippen molar-refractivity contribution in [2.24, 2.45) is 11.7 Å². The molecule has 0 aliphatic heterocycles. The first-order chi connectivity index (χ1) is 8.90. The van der Waals surface area contributed by atoms with E-state index in [9.17, 15) is 4.79 Å². The quantitative estimate of drug-likeness (QED) is 0.818. The molecule has 1 heterocycles. The Morgan fingerprint density at radius 2 is 2.16 bits per heavy atom. The van der Waals surface area contributed by atoms with Crippen molar-refractivity contribution in [2.45, 2.75) is 26.3 Å². The third-order valence-electron chi connectivity index (χ3n) is 2.73. The fourth-order valence-electron chi connectivity index (χ4n) is 1.82. The predicted octanol–water partition coefficient (Wildman–Crippen LogP) is 1.57. The molecule has 0 aliphatic rings. The zero-order chi connectivity index (χ0) is 14.4. The molecule has 1 rings (SSSR count). The van der Waals surface area contributed by atoms with Gasteiger partial charge in [0.15, 0.2) is 0 Å². The standard InChI is InChI=1S/C14H24N4O/c1-10(2)7-11(15)9-17-12-5-6-16-13(8-12)14(19)18(3)4/h5-6,8,10-11H,7,9,15H2,1-4H3,(H,16,17). The smallest absolute Gasteiger partial charge is 0.272 e. The van der Waals surface area contributed by atoms with E-state index in [1.807, 2.05) is 6.07 Å². The minimum atomic E-state index is -0.102. The summed E-state index contributed by atoms with van der Waals surface area (Å²) in [6.07, 6.45) is 2.61. The molecular formula is C14H24N4O. The fraction of sp³-hybridized carbons (Fsp3) is 0.571. The molecule has 19 heavy (non-hydrogen) atoms. The van der Waals surface area contributed by atoms with Gasteiger partial charge >= 0.3 is 0 Å². The summed E-state index contributed by atoms with van der Waals surface area (Å²) in [5, 5.41) is 3.25. The maximum absolute atomic E-state index is 11.8. The molecule has 0 aromatic carbocycles. The van der Waals surface area contributed by atoms with E-state index in [1.54, 1.807) is 26.4 Å². The number of hydrogen-bond donors (Lipinski definition) is 2. The van der Waals surface area contributed by atoms with Gasteiger partial charge in [-0.2, -0.15) is 0 Å². The second-order valence-corrected chi connectivity index (χ2v) is 5.40. The van der Waals surface area contributed by atoms with E-state index in [4.69, 9.17) is 5.73 Å².